The molecule has 0 radical (unpaired) electrons. The summed E-state index contributed by atoms with van der Waals surface area (Å²) in [6.07, 6.45) is 3.54. The predicted molar refractivity (Wildman–Crippen MR) is 109 cm³/mol. The lowest BCUT2D eigenvalue weighted by molar-refractivity contribution is 0.102. The Morgan fingerprint density at radius 2 is 1.70 bits per heavy atom. The molecule has 0 saturated carbocycles. The van der Waals surface area contributed by atoms with Gasteiger partial charge < -0.3 is 10.2 Å². The number of amides is 1. The highest BCUT2D eigenvalue weighted by molar-refractivity contribution is 7.90. The molecule has 0 aromatic heterocycles. The summed E-state index contributed by atoms with van der Waals surface area (Å²) in [5.41, 5.74) is 2.96. The molecule has 0 unspecified atom stereocenters. The summed E-state index contributed by atoms with van der Waals surface area (Å²) in [5.74, 6) is 0.475. The van der Waals surface area contributed by atoms with Gasteiger partial charge in [0.05, 0.1) is 4.90 Å². The van der Waals surface area contributed by atoms with Gasteiger partial charge in [-0.1, -0.05) is 13.0 Å². The number of hydrogen-bond donors (Lipinski definition) is 1. The Balaban J connectivity index is 1.73. The molecule has 1 heterocycles. The van der Waals surface area contributed by atoms with Crippen LogP contribution in [0.25, 0.3) is 0 Å². The molecule has 144 valence electrons. The molecule has 0 atom stereocenters. The first-order valence-corrected chi connectivity index (χ1v) is 11.1. The highest BCUT2D eigenvalue weighted by atomic mass is 32.2. The second kappa shape index (κ2) is 7.72. The SMILES string of the molecule is Cc1ccc(S(C)(=O)=O)cc1C(=O)Nc1ccc(N2CCC(C)CC2)cc1. The highest BCUT2D eigenvalue weighted by Gasteiger charge is 2.17. The Bertz CT molecular complexity index is 928. The first-order chi connectivity index (χ1) is 12.7. The average Bonchev–Trinajstić information content (AvgIpc) is 2.62. The van der Waals surface area contributed by atoms with Gasteiger partial charge in [0, 0.05) is 36.3 Å². The topological polar surface area (TPSA) is 66.5 Å². The number of nitrogens with one attached hydrogen (secondary N) is 1. The first kappa shape index (κ1) is 19.4. The predicted octanol–water partition coefficient (Wildman–Crippen LogP) is 3.89. The summed E-state index contributed by atoms with van der Waals surface area (Å²) in [6.45, 7) is 6.20. The number of rotatable bonds is 4. The summed E-state index contributed by atoms with van der Waals surface area (Å²) < 4.78 is 23.5. The second-order valence-corrected chi connectivity index (χ2v) is 9.44. The maximum atomic E-state index is 12.6. The number of sulfone groups is 1. The molecule has 2 aromatic rings. The molecule has 6 heteroatoms. The van der Waals surface area contributed by atoms with Crippen molar-refractivity contribution in [3.63, 3.8) is 0 Å². The van der Waals surface area contributed by atoms with Gasteiger partial charge in [-0.2, -0.15) is 0 Å². The molecule has 3 rings (SSSR count). The first-order valence-electron chi connectivity index (χ1n) is 9.21. The van der Waals surface area contributed by atoms with E-state index in [1.807, 2.05) is 24.3 Å². The second-order valence-electron chi connectivity index (χ2n) is 7.42. The number of anilines is 2. The minimum atomic E-state index is -3.36. The van der Waals surface area contributed by atoms with Crippen molar-refractivity contribution in [1.29, 1.82) is 0 Å². The van der Waals surface area contributed by atoms with Crippen molar-refractivity contribution in [2.24, 2.45) is 5.92 Å². The molecule has 1 amide bonds. The fourth-order valence-electron chi connectivity index (χ4n) is 3.30. The lowest BCUT2D eigenvalue weighted by atomic mass is 9.99. The van der Waals surface area contributed by atoms with Crippen molar-refractivity contribution in [3.05, 3.63) is 53.6 Å². The molecule has 0 bridgehead atoms. The van der Waals surface area contributed by atoms with Gasteiger partial charge in [0.1, 0.15) is 0 Å². The van der Waals surface area contributed by atoms with E-state index in [-0.39, 0.29) is 10.8 Å². The zero-order valence-corrected chi connectivity index (χ0v) is 16.8. The van der Waals surface area contributed by atoms with Crippen molar-refractivity contribution >= 4 is 27.1 Å². The van der Waals surface area contributed by atoms with Gasteiger partial charge in [-0.25, -0.2) is 8.42 Å². The zero-order chi connectivity index (χ0) is 19.6. The maximum absolute atomic E-state index is 12.6. The monoisotopic (exact) mass is 386 g/mol. The van der Waals surface area contributed by atoms with Gasteiger partial charge >= 0.3 is 0 Å². The number of benzene rings is 2. The average molecular weight is 387 g/mol. The van der Waals surface area contributed by atoms with Crippen LogP contribution in [0.4, 0.5) is 11.4 Å². The smallest absolute Gasteiger partial charge is 0.255 e. The Kier molecular flexibility index (Phi) is 5.56. The molecule has 1 aliphatic rings. The van der Waals surface area contributed by atoms with Gasteiger partial charge in [0.2, 0.25) is 0 Å². The van der Waals surface area contributed by atoms with E-state index in [0.29, 0.717) is 11.3 Å². The highest BCUT2D eigenvalue weighted by Crippen LogP contribution is 2.25. The van der Waals surface area contributed by atoms with E-state index in [1.165, 1.54) is 25.0 Å². The van der Waals surface area contributed by atoms with Crippen LogP contribution in [0, 0.1) is 12.8 Å². The van der Waals surface area contributed by atoms with Crippen LogP contribution in [0.3, 0.4) is 0 Å². The van der Waals surface area contributed by atoms with E-state index in [2.05, 4.69) is 17.1 Å². The summed E-state index contributed by atoms with van der Waals surface area (Å²) >= 11 is 0. The van der Waals surface area contributed by atoms with Crippen LogP contribution in [-0.2, 0) is 9.84 Å². The molecule has 0 spiro atoms. The molecule has 0 aliphatic carbocycles. The lowest BCUT2D eigenvalue weighted by Gasteiger charge is -2.32. The van der Waals surface area contributed by atoms with E-state index in [4.69, 9.17) is 0 Å². The number of carbonyl (C=O) groups excluding carboxylic acids is 1. The standard InChI is InChI=1S/C21H26N2O3S/c1-15-10-12-23(13-11-15)18-7-5-17(6-8-18)22-21(24)20-14-19(27(3,25)26)9-4-16(20)2/h4-9,14-15H,10-13H2,1-3H3,(H,22,24). The molecule has 1 aliphatic heterocycles. The normalized spacial score (nSPS) is 15.6. The summed E-state index contributed by atoms with van der Waals surface area (Å²) in [4.78, 5) is 15.1. The van der Waals surface area contributed by atoms with Crippen molar-refractivity contribution < 1.29 is 13.2 Å². The molecule has 27 heavy (non-hydrogen) atoms. The van der Waals surface area contributed by atoms with Crippen LogP contribution >= 0.6 is 0 Å². The minimum absolute atomic E-state index is 0.146. The van der Waals surface area contributed by atoms with E-state index in [1.54, 1.807) is 13.0 Å². The lowest BCUT2D eigenvalue weighted by Crippen LogP contribution is -2.32. The molecule has 5 nitrogen and oxygen atoms in total. The van der Waals surface area contributed by atoms with E-state index >= 15 is 0 Å². The number of piperidine rings is 1. The fraction of sp³-hybridized carbons (Fsp3) is 0.381. The molecule has 1 fully saturated rings. The number of hydrogen-bond acceptors (Lipinski definition) is 4. The van der Waals surface area contributed by atoms with Gasteiger partial charge in [-0.05, 0) is 67.6 Å². The van der Waals surface area contributed by atoms with Crippen LogP contribution in [-0.4, -0.2) is 33.7 Å². The van der Waals surface area contributed by atoms with Crippen molar-refractivity contribution in [2.45, 2.75) is 31.6 Å². The van der Waals surface area contributed by atoms with E-state index < -0.39 is 9.84 Å². The maximum Gasteiger partial charge on any atom is 0.255 e. The van der Waals surface area contributed by atoms with Gasteiger partial charge in [0.15, 0.2) is 9.84 Å². The Labute approximate surface area is 161 Å². The molecule has 2 aromatic carbocycles. The van der Waals surface area contributed by atoms with Crippen LogP contribution in [0.5, 0.6) is 0 Å². The van der Waals surface area contributed by atoms with Crippen molar-refractivity contribution in [3.8, 4) is 0 Å². The Hall–Kier alpha value is -2.34. The molecular weight excluding hydrogens is 360 g/mol. The minimum Gasteiger partial charge on any atom is -0.372 e. The molecule has 1 N–H and O–H groups in total. The molecular formula is C21H26N2O3S. The zero-order valence-electron chi connectivity index (χ0n) is 16.0. The quantitative estimate of drug-likeness (QED) is 0.866. The van der Waals surface area contributed by atoms with Gasteiger partial charge in [-0.3, -0.25) is 4.79 Å². The summed E-state index contributed by atoms with van der Waals surface area (Å²) in [7, 11) is -3.36. The Morgan fingerprint density at radius 1 is 1.07 bits per heavy atom. The summed E-state index contributed by atoms with van der Waals surface area (Å²) in [5, 5.41) is 2.86. The number of carbonyl (C=O) groups is 1. The summed E-state index contributed by atoms with van der Waals surface area (Å²) in [6, 6.07) is 12.4. The van der Waals surface area contributed by atoms with Crippen molar-refractivity contribution in [2.75, 3.05) is 29.6 Å². The largest absolute Gasteiger partial charge is 0.372 e. The van der Waals surface area contributed by atoms with E-state index in [0.717, 1.165) is 36.5 Å². The van der Waals surface area contributed by atoms with E-state index in [9.17, 15) is 13.2 Å². The van der Waals surface area contributed by atoms with Crippen LogP contribution in [0.2, 0.25) is 0 Å². The fourth-order valence-corrected chi connectivity index (χ4v) is 3.94. The van der Waals surface area contributed by atoms with Crippen LogP contribution in [0.1, 0.15) is 35.7 Å². The van der Waals surface area contributed by atoms with Crippen molar-refractivity contribution in [1.82, 2.24) is 0 Å². The number of aryl methyl sites for hydroxylation is 1. The Morgan fingerprint density at radius 3 is 2.30 bits per heavy atom. The third-order valence-electron chi connectivity index (χ3n) is 5.16. The third kappa shape index (κ3) is 4.69. The molecule has 1 saturated heterocycles. The third-order valence-corrected chi connectivity index (χ3v) is 6.27. The van der Waals surface area contributed by atoms with Crippen LogP contribution in [0.15, 0.2) is 47.4 Å². The number of nitrogens with zero attached hydrogens (tertiary/aromatic N) is 1. The van der Waals surface area contributed by atoms with Gasteiger partial charge in [0.25, 0.3) is 5.91 Å². The van der Waals surface area contributed by atoms with Gasteiger partial charge in [-0.15, -0.1) is 0 Å². The van der Waals surface area contributed by atoms with Crippen LogP contribution < -0.4 is 10.2 Å².